The summed E-state index contributed by atoms with van der Waals surface area (Å²) in [5.74, 6) is 1.56. The Morgan fingerprint density at radius 1 is 1.06 bits per heavy atom. The fourth-order valence-electron chi connectivity index (χ4n) is 2.22. The Balaban J connectivity index is 1.98. The quantitative estimate of drug-likeness (QED) is 0.879. The van der Waals surface area contributed by atoms with Gasteiger partial charge in [0, 0.05) is 0 Å². The Morgan fingerprint density at radius 3 is 2.67 bits per heavy atom. The monoisotopic (exact) mass is 241 g/mol. The highest BCUT2D eigenvalue weighted by molar-refractivity contribution is 5.47. The molecule has 0 fully saturated rings. The van der Waals surface area contributed by atoms with E-state index in [-0.39, 0.29) is 6.04 Å². The van der Waals surface area contributed by atoms with Gasteiger partial charge in [0.2, 0.25) is 6.79 Å². The van der Waals surface area contributed by atoms with Crippen molar-refractivity contribution in [2.45, 2.75) is 13.0 Å². The van der Waals surface area contributed by atoms with Crippen molar-refractivity contribution in [3.05, 3.63) is 59.2 Å². The summed E-state index contributed by atoms with van der Waals surface area (Å²) in [6.07, 6.45) is 0. The molecule has 1 heterocycles. The second kappa shape index (κ2) is 4.35. The first kappa shape index (κ1) is 11.1. The number of benzene rings is 2. The van der Waals surface area contributed by atoms with Gasteiger partial charge in [-0.1, -0.05) is 30.3 Å². The first-order valence-electron chi connectivity index (χ1n) is 5.96. The molecule has 1 atom stereocenters. The molecule has 18 heavy (non-hydrogen) atoms. The van der Waals surface area contributed by atoms with Crippen LogP contribution in [0.3, 0.4) is 0 Å². The van der Waals surface area contributed by atoms with Gasteiger partial charge in [-0.25, -0.2) is 0 Å². The number of hydrogen-bond donors (Lipinski definition) is 1. The van der Waals surface area contributed by atoms with Crippen molar-refractivity contribution in [2.75, 3.05) is 6.79 Å². The van der Waals surface area contributed by atoms with Gasteiger partial charge in [-0.2, -0.15) is 0 Å². The molecule has 0 spiro atoms. The molecule has 3 rings (SSSR count). The minimum absolute atomic E-state index is 0.138. The van der Waals surface area contributed by atoms with Gasteiger partial charge in [-0.05, 0) is 35.7 Å². The Hall–Kier alpha value is -2.00. The van der Waals surface area contributed by atoms with E-state index in [0.29, 0.717) is 6.79 Å². The predicted octanol–water partition coefficient (Wildman–Crippen LogP) is 2.77. The minimum Gasteiger partial charge on any atom is -0.454 e. The third-order valence-corrected chi connectivity index (χ3v) is 3.28. The highest BCUT2D eigenvalue weighted by Crippen LogP contribution is 2.35. The van der Waals surface area contributed by atoms with Crippen LogP contribution in [0.5, 0.6) is 11.5 Å². The molecule has 3 nitrogen and oxygen atoms in total. The van der Waals surface area contributed by atoms with Gasteiger partial charge >= 0.3 is 0 Å². The molecule has 92 valence electrons. The SMILES string of the molecule is Cc1ccccc1C(N)c1ccc2c(c1)OCO2. The number of ether oxygens (including phenoxy) is 2. The zero-order valence-electron chi connectivity index (χ0n) is 10.2. The first-order valence-corrected chi connectivity index (χ1v) is 5.96. The largest absolute Gasteiger partial charge is 0.454 e. The van der Waals surface area contributed by atoms with Crippen molar-refractivity contribution in [1.29, 1.82) is 0 Å². The van der Waals surface area contributed by atoms with E-state index >= 15 is 0 Å². The lowest BCUT2D eigenvalue weighted by Gasteiger charge is -2.15. The maximum Gasteiger partial charge on any atom is 0.231 e. The van der Waals surface area contributed by atoms with Crippen LogP contribution in [0.4, 0.5) is 0 Å². The molecule has 0 radical (unpaired) electrons. The van der Waals surface area contributed by atoms with Gasteiger partial charge < -0.3 is 15.2 Å². The molecule has 1 unspecified atom stereocenters. The molecule has 0 saturated heterocycles. The third kappa shape index (κ3) is 1.83. The molecule has 0 bridgehead atoms. The van der Waals surface area contributed by atoms with E-state index < -0.39 is 0 Å². The van der Waals surface area contributed by atoms with Crippen molar-refractivity contribution in [2.24, 2.45) is 5.73 Å². The van der Waals surface area contributed by atoms with E-state index in [1.165, 1.54) is 5.56 Å². The summed E-state index contributed by atoms with van der Waals surface area (Å²) in [6.45, 7) is 2.36. The minimum atomic E-state index is -0.138. The lowest BCUT2D eigenvalue weighted by atomic mass is 9.95. The van der Waals surface area contributed by atoms with Crippen LogP contribution in [0.15, 0.2) is 42.5 Å². The second-order valence-electron chi connectivity index (χ2n) is 4.45. The molecule has 2 aromatic carbocycles. The van der Waals surface area contributed by atoms with Crippen LogP contribution in [0.2, 0.25) is 0 Å². The van der Waals surface area contributed by atoms with Crippen LogP contribution in [0.25, 0.3) is 0 Å². The van der Waals surface area contributed by atoms with Gasteiger partial charge in [-0.15, -0.1) is 0 Å². The summed E-state index contributed by atoms with van der Waals surface area (Å²) in [6, 6.07) is 13.9. The van der Waals surface area contributed by atoms with E-state index in [2.05, 4.69) is 19.1 Å². The number of rotatable bonds is 2. The summed E-state index contributed by atoms with van der Waals surface area (Å²) in [7, 11) is 0. The number of hydrogen-bond acceptors (Lipinski definition) is 3. The van der Waals surface area contributed by atoms with E-state index in [9.17, 15) is 0 Å². The normalized spacial score (nSPS) is 14.6. The highest BCUT2D eigenvalue weighted by atomic mass is 16.7. The molecule has 0 amide bonds. The van der Waals surface area contributed by atoms with E-state index in [1.54, 1.807) is 0 Å². The average molecular weight is 241 g/mol. The number of nitrogens with two attached hydrogens (primary N) is 1. The summed E-state index contributed by atoms with van der Waals surface area (Å²) in [5.41, 5.74) is 9.68. The van der Waals surface area contributed by atoms with Crippen LogP contribution in [-0.2, 0) is 0 Å². The smallest absolute Gasteiger partial charge is 0.231 e. The standard InChI is InChI=1S/C15H15NO2/c1-10-4-2-3-5-12(10)15(16)11-6-7-13-14(8-11)18-9-17-13/h2-8,15H,9,16H2,1H3. The Kier molecular flexibility index (Phi) is 2.68. The van der Waals surface area contributed by atoms with Crippen molar-refractivity contribution in [3.63, 3.8) is 0 Å². The number of fused-ring (bicyclic) bond motifs is 1. The highest BCUT2D eigenvalue weighted by Gasteiger charge is 2.17. The summed E-state index contributed by atoms with van der Waals surface area (Å²) >= 11 is 0. The van der Waals surface area contributed by atoms with Gasteiger partial charge in [0.05, 0.1) is 6.04 Å². The first-order chi connectivity index (χ1) is 8.75. The van der Waals surface area contributed by atoms with Crippen molar-refractivity contribution >= 4 is 0 Å². The van der Waals surface area contributed by atoms with Gasteiger partial charge in [-0.3, -0.25) is 0 Å². The Morgan fingerprint density at radius 2 is 1.83 bits per heavy atom. The zero-order chi connectivity index (χ0) is 12.5. The molecule has 1 aliphatic heterocycles. The van der Waals surface area contributed by atoms with Gasteiger partial charge in [0.15, 0.2) is 11.5 Å². The molecular formula is C15H15NO2. The molecule has 1 aliphatic rings. The maximum absolute atomic E-state index is 6.31. The molecule has 2 N–H and O–H groups in total. The van der Waals surface area contributed by atoms with Crippen LogP contribution in [0.1, 0.15) is 22.7 Å². The molecule has 0 aromatic heterocycles. The van der Waals surface area contributed by atoms with Gasteiger partial charge in [0.1, 0.15) is 0 Å². The summed E-state index contributed by atoms with van der Waals surface area (Å²) in [4.78, 5) is 0. The molecule has 0 saturated carbocycles. The third-order valence-electron chi connectivity index (χ3n) is 3.28. The fraction of sp³-hybridized carbons (Fsp3) is 0.200. The maximum atomic E-state index is 6.31. The van der Waals surface area contributed by atoms with Crippen LogP contribution >= 0.6 is 0 Å². The molecule has 3 heteroatoms. The van der Waals surface area contributed by atoms with Crippen molar-refractivity contribution in [1.82, 2.24) is 0 Å². The van der Waals surface area contributed by atoms with E-state index in [0.717, 1.165) is 22.6 Å². The summed E-state index contributed by atoms with van der Waals surface area (Å²) in [5, 5.41) is 0. The van der Waals surface area contributed by atoms with Crippen LogP contribution < -0.4 is 15.2 Å². The summed E-state index contributed by atoms with van der Waals surface area (Å²) < 4.78 is 10.7. The lowest BCUT2D eigenvalue weighted by Crippen LogP contribution is -2.13. The Bertz CT molecular complexity index is 580. The van der Waals surface area contributed by atoms with Gasteiger partial charge in [0.25, 0.3) is 0 Å². The topological polar surface area (TPSA) is 44.5 Å². The Labute approximate surface area is 106 Å². The molecule has 0 aliphatic carbocycles. The lowest BCUT2D eigenvalue weighted by molar-refractivity contribution is 0.174. The van der Waals surface area contributed by atoms with Crippen LogP contribution in [0, 0.1) is 6.92 Å². The predicted molar refractivity (Wildman–Crippen MR) is 69.8 cm³/mol. The fourth-order valence-corrected chi connectivity index (χ4v) is 2.22. The molecule has 2 aromatic rings. The number of aryl methyl sites for hydroxylation is 1. The molecular weight excluding hydrogens is 226 g/mol. The zero-order valence-corrected chi connectivity index (χ0v) is 10.2. The average Bonchev–Trinajstić information content (AvgIpc) is 2.85. The van der Waals surface area contributed by atoms with E-state index in [1.807, 2.05) is 30.3 Å². The van der Waals surface area contributed by atoms with Crippen molar-refractivity contribution in [3.8, 4) is 11.5 Å². The van der Waals surface area contributed by atoms with Crippen molar-refractivity contribution < 1.29 is 9.47 Å². The van der Waals surface area contributed by atoms with E-state index in [4.69, 9.17) is 15.2 Å². The van der Waals surface area contributed by atoms with Crippen LogP contribution in [-0.4, -0.2) is 6.79 Å². The second-order valence-corrected chi connectivity index (χ2v) is 4.45.